The molecule has 1 aromatic heterocycles. The van der Waals surface area contributed by atoms with Gasteiger partial charge >= 0.3 is 5.97 Å². The van der Waals surface area contributed by atoms with Crippen molar-refractivity contribution < 1.29 is 19.5 Å². The number of carbonyl (C=O) groups is 3. The molecule has 1 heterocycles. The Morgan fingerprint density at radius 2 is 1.81 bits per heavy atom. The molecule has 1 saturated carbocycles. The highest BCUT2D eigenvalue weighted by molar-refractivity contribution is 7.09. The van der Waals surface area contributed by atoms with Crippen LogP contribution in [0.5, 0.6) is 0 Å². The number of nitrogens with one attached hydrogen (secondary N) is 2. The first-order valence-corrected chi connectivity index (χ1v) is 9.19. The molecule has 0 saturated heterocycles. The fourth-order valence-corrected chi connectivity index (χ4v) is 3.51. The van der Waals surface area contributed by atoms with Gasteiger partial charge in [0.15, 0.2) is 0 Å². The van der Waals surface area contributed by atoms with Crippen LogP contribution in [-0.2, 0) is 22.7 Å². The maximum atomic E-state index is 12.0. The number of thiazole rings is 1. The van der Waals surface area contributed by atoms with Crippen LogP contribution in [0.3, 0.4) is 0 Å². The summed E-state index contributed by atoms with van der Waals surface area (Å²) in [7, 11) is 0. The fourth-order valence-electron chi connectivity index (χ4n) is 2.78. The Morgan fingerprint density at radius 3 is 2.46 bits per heavy atom. The quantitative estimate of drug-likeness (QED) is 0.686. The van der Waals surface area contributed by atoms with E-state index in [9.17, 15) is 14.4 Å². The molecule has 2 unspecified atom stereocenters. The smallest absolute Gasteiger partial charge is 0.307 e. The molecule has 26 heavy (non-hydrogen) atoms. The van der Waals surface area contributed by atoms with Crippen LogP contribution >= 0.6 is 11.3 Å². The third-order valence-electron chi connectivity index (χ3n) is 4.41. The van der Waals surface area contributed by atoms with Crippen LogP contribution in [0.15, 0.2) is 35.7 Å². The van der Waals surface area contributed by atoms with Crippen molar-refractivity contribution in [3.05, 3.63) is 52.0 Å². The minimum atomic E-state index is -0.915. The van der Waals surface area contributed by atoms with Crippen molar-refractivity contribution in [3.63, 3.8) is 0 Å². The molecule has 7 nitrogen and oxygen atoms in total. The van der Waals surface area contributed by atoms with Crippen molar-refractivity contribution in [2.75, 3.05) is 0 Å². The molecule has 0 radical (unpaired) electrons. The number of carbonyl (C=O) groups excluding carboxylic acids is 2. The fraction of sp³-hybridized carbons (Fsp3) is 0.333. The van der Waals surface area contributed by atoms with Gasteiger partial charge in [0.25, 0.3) is 5.91 Å². The summed E-state index contributed by atoms with van der Waals surface area (Å²) in [5.74, 6) is -2.35. The van der Waals surface area contributed by atoms with Gasteiger partial charge in [-0.2, -0.15) is 0 Å². The topological polar surface area (TPSA) is 108 Å². The number of nitrogens with zero attached hydrogens (tertiary/aromatic N) is 1. The van der Waals surface area contributed by atoms with Gasteiger partial charge in [-0.25, -0.2) is 4.98 Å². The molecule has 8 heteroatoms. The normalized spacial score (nSPS) is 18.6. The lowest BCUT2D eigenvalue weighted by Gasteiger charge is -2.31. The molecule has 0 bridgehead atoms. The Morgan fingerprint density at radius 1 is 1.08 bits per heavy atom. The maximum Gasteiger partial charge on any atom is 0.307 e. The van der Waals surface area contributed by atoms with Gasteiger partial charge in [0.05, 0.1) is 30.6 Å². The van der Waals surface area contributed by atoms with Crippen LogP contribution in [0.1, 0.15) is 33.9 Å². The van der Waals surface area contributed by atoms with E-state index in [2.05, 4.69) is 15.6 Å². The molecular weight excluding hydrogens is 354 g/mol. The summed E-state index contributed by atoms with van der Waals surface area (Å²) in [5, 5.41) is 17.1. The van der Waals surface area contributed by atoms with Crippen LogP contribution in [-0.4, -0.2) is 27.9 Å². The Kier molecular flexibility index (Phi) is 5.62. The lowest BCUT2D eigenvalue weighted by molar-refractivity contribution is -0.152. The van der Waals surface area contributed by atoms with Crippen molar-refractivity contribution in [1.29, 1.82) is 0 Å². The largest absolute Gasteiger partial charge is 0.481 e. The van der Waals surface area contributed by atoms with E-state index in [1.54, 1.807) is 24.3 Å². The van der Waals surface area contributed by atoms with Gasteiger partial charge in [0.2, 0.25) is 5.91 Å². The van der Waals surface area contributed by atoms with Gasteiger partial charge in [0, 0.05) is 10.9 Å². The summed E-state index contributed by atoms with van der Waals surface area (Å²) in [4.78, 5) is 39.4. The molecule has 0 spiro atoms. The number of rotatable bonds is 7. The van der Waals surface area contributed by atoms with E-state index in [0.29, 0.717) is 30.6 Å². The molecule has 136 valence electrons. The van der Waals surface area contributed by atoms with Crippen LogP contribution in [0.25, 0.3) is 0 Å². The number of hydrogen-bond donors (Lipinski definition) is 3. The highest BCUT2D eigenvalue weighted by Crippen LogP contribution is 2.34. The monoisotopic (exact) mass is 373 g/mol. The third-order valence-corrected chi connectivity index (χ3v) is 5.31. The third kappa shape index (κ3) is 4.26. The Bertz CT molecular complexity index is 806. The van der Waals surface area contributed by atoms with Gasteiger partial charge in [-0.1, -0.05) is 18.2 Å². The van der Waals surface area contributed by atoms with Crippen LogP contribution in [0.2, 0.25) is 0 Å². The van der Waals surface area contributed by atoms with Crippen molar-refractivity contribution >= 4 is 29.1 Å². The first-order chi connectivity index (χ1) is 12.5. The number of carboxylic acids is 1. The zero-order valence-corrected chi connectivity index (χ0v) is 14.8. The highest BCUT2D eigenvalue weighted by Gasteiger charge is 2.41. The molecule has 0 aliphatic heterocycles. The molecule has 1 fully saturated rings. The zero-order chi connectivity index (χ0) is 18.5. The molecule has 2 amide bonds. The standard InChI is InChI=1S/C18H19N3O4S/c22-16(11-4-2-1-3-5-11)20-9-15-21-12(10-26-15)8-19-17(23)13-6-7-14(13)18(24)25/h1-5,10,13-14H,6-9H2,(H,19,23)(H,20,22)(H,24,25). The van der Waals surface area contributed by atoms with Crippen LogP contribution in [0, 0.1) is 11.8 Å². The van der Waals surface area contributed by atoms with E-state index < -0.39 is 17.8 Å². The molecule has 2 atom stereocenters. The Hall–Kier alpha value is -2.74. The number of aliphatic carboxylic acids is 1. The van der Waals surface area contributed by atoms with Crippen LogP contribution < -0.4 is 10.6 Å². The second kappa shape index (κ2) is 8.09. The second-order valence-corrected chi connectivity index (χ2v) is 7.07. The SMILES string of the molecule is O=C(NCc1nc(CNC(=O)C2CCC2C(=O)O)cs1)c1ccccc1. The molecular formula is C18H19N3O4S. The molecule has 2 aromatic rings. The summed E-state index contributed by atoms with van der Waals surface area (Å²) in [6.45, 7) is 0.570. The zero-order valence-electron chi connectivity index (χ0n) is 14.0. The van der Waals surface area contributed by atoms with Crippen molar-refractivity contribution in [3.8, 4) is 0 Å². The van der Waals surface area contributed by atoms with E-state index in [1.165, 1.54) is 11.3 Å². The number of hydrogen-bond acceptors (Lipinski definition) is 5. The molecule has 3 N–H and O–H groups in total. The molecule has 1 aliphatic rings. The average molecular weight is 373 g/mol. The lowest BCUT2D eigenvalue weighted by Crippen LogP contribution is -2.43. The number of amides is 2. The highest BCUT2D eigenvalue weighted by atomic mass is 32.1. The average Bonchev–Trinajstić information content (AvgIpc) is 3.05. The number of carboxylic acid groups (broad SMARTS) is 1. The first kappa shape index (κ1) is 18.1. The first-order valence-electron chi connectivity index (χ1n) is 8.31. The van der Waals surface area contributed by atoms with E-state index in [0.717, 1.165) is 5.01 Å². The minimum absolute atomic E-state index is 0.166. The second-order valence-electron chi connectivity index (χ2n) is 6.13. The summed E-state index contributed by atoms with van der Waals surface area (Å²) >= 11 is 1.40. The Balaban J connectivity index is 1.45. The van der Waals surface area contributed by atoms with Crippen molar-refractivity contribution in [1.82, 2.24) is 15.6 Å². The van der Waals surface area contributed by atoms with Gasteiger partial charge in [-0.05, 0) is 25.0 Å². The van der Waals surface area contributed by atoms with Crippen LogP contribution in [0.4, 0.5) is 0 Å². The number of benzene rings is 1. The van der Waals surface area contributed by atoms with E-state index in [1.807, 2.05) is 11.4 Å². The summed E-state index contributed by atoms with van der Waals surface area (Å²) in [6, 6.07) is 8.93. The molecule has 1 aliphatic carbocycles. The molecule has 1 aromatic carbocycles. The Labute approximate surface area is 154 Å². The van der Waals surface area contributed by atoms with E-state index >= 15 is 0 Å². The van der Waals surface area contributed by atoms with Gasteiger partial charge in [-0.3, -0.25) is 14.4 Å². The maximum absolute atomic E-state index is 12.0. The predicted molar refractivity (Wildman–Crippen MR) is 95.4 cm³/mol. The molecule has 3 rings (SSSR count). The summed E-state index contributed by atoms with van der Waals surface area (Å²) in [5.41, 5.74) is 1.28. The van der Waals surface area contributed by atoms with Gasteiger partial charge < -0.3 is 15.7 Å². The van der Waals surface area contributed by atoms with E-state index in [-0.39, 0.29) is 18.4 Å². The van der Waals surface area contributed by atoms with E-state index in [4.69, 9.17) is 5.11 Å². The minimum Gasteiger partial charge on any atom is -0.481 e. The summed E-state index contributed by atoms with van der Waals surface area (Å²) in [6.07, 6.45) is 1.16. The lowest BCUT2D eigenvalue weighted by atomic mass is 9.73. The van der Waals surface area contributed by atoms with Gasteiger partial charge in [-0.15, -0.1) is 11.3 Å². The van der Waals surface area contributed by atoms with Gasteiger partial charge in [0.1, 0.15) is 5.01 Å². The van der Waals surface area contributed by atoms with Crippen molar-refractivity contribution in [2.24, 2.45) is 11.8 Å². The number of aromatic nitrogens is 1. The predicted octanol–water partition coefficient (Wildman–Crippen LogP) is 1.80. The summed E-state index contributed by atoms with van der Waals surface area (Å²) < 4.78 is 0. The van der Waals surface area contributed by atoms with Crippen molar-refractivity contribution in [2.45, 2.75) is 25.9 Å².